The van der Waals surface area contributed by atoms with E-state index in [0.29, 0.717) is 5.69 Å². The highest BCUT2D eigenvalue weighted by atomic mass is 32.2. The highest BCUT2D eigenvalue weighted by molar-refractivity contribution is 7.92. The van der Waals surface area contributed by atoms with Crippen molar-refractivity contribution in [1.82, 2.24) is 5.32 Å². The summed E-state index contributed by atoms with van der Waals surface area (Å²) in [5, 5.41) is 13.7. The fourth-order valence-electron chi connectivity index (χ4n) is 1.73. The van der Waals surface area contributed by atoms with Crippen molar-refractivity contribution >= 4 is 39.2 Å². The zero-order valence-corrected chi connectivity index (χ0v) is 14.2. The van der Waals surface area contributed by atoms with Gasteiger partial charge in [-0.15, -0.1) is 0 Å². The number of aliphatic carboxylic acids is 1. The summed E-state index contributed by atoms with van der Waals surface area (Å²) in [5.41, 5.74) is 0.286. The Labute approximate surface area is 139 Å². The van der Waals surface area contributed by atoms with Crippen molar-refractivity contribution in [2.45, 2.75) is 13.8 Å². The standard InChI is InChI=1S/C14H19N3O6S/c1-8(14(20)21)7-15-13(19)11-6-10(16-9(2)18)4-5-12(11)17-24(3,22)23/h4-6,8,17H,7H2,1-3H3,(H,15,19)(H,16,18)(H,20,21). The smallest absolute Gasteiger partial charge is 0.308 e. The topological polar surface area (TPSA) is 142 Å². The summed E-state index contributed by atoms with van der Waals surface area (Å²) in [4.78, 5) is 34.2. The van der Waals surface area contributed by atoms with E-state index < -0.39 is 27.8 Å². The zero-order chi connectivity index (χ0) is 18.5. The molecular weight excluding hydrogens is 338 g/mol. The van der Waals surface area contributed by atoms with Crippen LogP contribution < -0.4 is 15.4 Å². The molecular formula is C14H19N3O6S. The number of carboxylic acid groups (broad SMARTS) is 1. The fraction of sp³-hybridized carbons (Fsp3) is 0.357. The molecule has 1 aromatic carbocycles. The fourth-order valence-corrected chi connectivity index (χ4v) is 2.31. The first-order valence-electron chi connectivity index (χ1n) is 6.90. The first-order chi connectivity index (χ1) is 11.0. The number of hydrogen-bond acceptors (Lipinski definition) is 5. The minimum absolute atomic E-state index is 0.0204. The molecule has 0 aromatic heterocycles. The minimum atomic E-state index is -3.63. The van der Waals surface area contributed by atoms with Crippen LogP contribution in [0.1, 0.15) is 24.2 Å². The normalized spacial score (nSPS) is 12.1. The summed E-state index contributed by atoms with van der Waals surface area (Å²) in [6, 6.07) is 4.07. The molecule has 1 atom stereocenters. The van der Waals surface area contributed by atoms with Crippen LogP contribution >= 0.6 is 0 Å². The Morgan fingerprint density at radius 2 is 1.88 bits per heavy atom. The van der Waals surface area contributed by atoms with E-state index in [1.165, 1.54) is 32.0 Å². The third-order valence-corrected chi connectivity index (χ3v) is 3.46. The molecule has 132 valence electrons. The number of amides is 2. The molecule has 0 fully saturated rings. The number of hydrogen-bond donors (Lipinski definition) is 4. The molecule has 0 saturated carbocycles. The number of benzene rings is 1. The molecule has 0 aliphatic rings. The van der Waals surface area contributed by atoms with E-state index in [9.17, 15) is 22.8 Å². The van der Waals surface area contributed by atoms with Crippen LogP contribution in [-0.4, -0.2) is 44.1 Å². The number of carbonyl (C=O) groups is 3. The van der Waals surface area contributed by atoms with Gasteiger partial charge in [-0.2, -0.15) is 0 Å². The second-order valence-electron chi connectivity index (χ2n) is 5.27. The van der Waals surface area contributed by atoms with Crippen LogP contribution in [0.5, 0.6) is 0 Å². The Kier molecular flexibility index (Phi) is 6.29. The molecule has 0 radical (unpaired) electrons. The van der Waals surface area contributed by atoms with Gasteiger partial charge in [-0.1, -0.05) is 6.92 Å². The predicted molar refractivity (Wildman–Crippen MR) is 88.3 cm³/mol. The van der Waals surface area contributed by atoms with E-state index in [2.05, 4.69) is 15.4 Å². The Bertz CT molecular complexity index is 760. The van der Waals surface area contributed by atoms with Crippen molar-refractivity contribution in [1.29, 1.82) is 0 Å². The Morgan fingerprint density at radius 3 is 2.38 bits per heavy atom. The number of carboxylic acids is 1. The quantitative estimate of drug-likeness (QED) is 0.559. The number of carbonyl (C=O) groups excluding carboxylic acids is 2. The summed E-state index contributed by atoms with van der Waals surface area (Å²) in [6.45, 7) is 2.58. The molecule has 10 heteroatoms. The monoisotopic (exact) mass is 357 g/mol. The van der Waals surface area contributed by atoms with Gasteiger partial charge in [0.05, 0.1) is 23.4 Å². The van der Waals surface area contributed by atoms with E-state index in [0.717, 1.165) is 6.26 Å². The molecule has 9 nitrogen and oxygen atoms in total. The van der Waals surface area contributed by atoms with Crippen molar-refractivity contribution in [2.75, 3.05) is 22.8 Å². The molecule has 24 heavy (non-hydrogen) atoms. The lowest BCUT2D eigenvalue weighted by molar-refractivity contribution is -0.140. The Hall–Kier alpha value is -2.62. The average molecular weight is 357 g/mol. The van der Waals surface area contributed by atoms with Gasteiger partial charge in [0, 0.05) is 19.2 Å². The Morgan fingerprint density at radius 1 is 1.25 bits per heavy atom. The second-order valence-corrected chi connectivity index (χ2v) is 7.01. The molecule has 2 amide bonds. The summed E-state index contributed by atoms with van der Waals surface area (Å²) in [6.07, 6.45) is 0.933. The van der Waals surface area contributed by atoms with E-state index in [1.54, 1.807) is 0 Å². The van der Waals surface area contributed by atoms with Crippen molar-refractivity contribution in [3.8, 4) is 0 Å². The lowest BCUT2D eigenvalue weighted by Gasteiger charge is -2.14. The third-order valence-electron chi connectivity index (χ3n) is 2.87. The summed E-state index contributed by atoms with van der Waals surface area (Å²) in [5.74, 6) is -2.90. The van der Waals surface area contributed by atoms with E-state index in [4.69, 9.17) is 5.11 Å². The van der Waals surface area contributed by atoms with Crippen molar-refractivity contribution in [3.63, 3.8) is 0 Å². The lowest BCUT2D eigenvalue weighted by atomic mass is 10.1. The number of sulfonamides is 1. The first-order valence-corrected chi connectivity index (χ1v) is 8.79. The maximum Gasteiger partial charge on any atom is 0.308 e. The van der Waals surface area contributed by atoms with Gasteiger partial charge in [-0.3, -0.25) is 19.1 Å². The lowest BCUT2D eigenvalue weighted by Crippen LogP contribution is -2.32. The van der Waals surface area contributed by atoms with E-state index in [-0.39, 0.29) is 23.7 Å². The average Bonchev–Trinajstić information content (AvgIpc) is 2.43. The number of rotatable bonds is 7. The molecule has 4 N–H and O–H groups in total. The van der Waals surface area contributed by atoms with Crippen LogP contribution in [0.3, 0.4) is 0 Å². The van der Waals surface area contributed by atoms with Gasteiger partial charge in [-0.25, -0.2) is 8.42 Å². The Balaban J connectivity index is 3.11. The summed E-state index contributed by atoms with van der Waals surface area (Å²) >= 11 is 0. The van der Waals surface area contributed by atoms with Gasteiger partial charge in [-0.05, 0) is 18.2 Å². The molecule has 0 aliphatic carbocycles. The molecule has 0 aliphatic heterocycles. The highest BCUT2D eigenvalue weighted by Crippen LogP contribution is 2.22. The second kappa shape index (κ2) is 7.77. The van der Waals surface area contributed by atoms with Gasteiger partial charge in [0.1, 0.15) is 0 Å². The third kappa shape index (κ3) is 6.24. The minimum Gasteiger partial charge on any atom is -0.481 e. The zero-order valence-electron chi connectivity index (χ0n) is 13.4. The number of anilines is 2. The summed E-state index contributed by atoms with van der Waals surface area (Å²) < 4.78 is 25.0. The van der Waals surface area contributed by atoms with Gasteiger partial charge in [0.25, 0.3) is 5.91 Å². The van der Waals surface area contributed by atoms with Crippen LogP contribution in [0.2, 0.25) is 0 Å². The molecule has 1 rings (SSSR count). The molecule has 0 spiro atoms. The molecule has 1 aromatic rings. The molecule has 1 unspecified atom stereocenters. The van der Waals surface area contributed by atoms with Crippen molar-refractivity contribution < 1.29 is 27.9 Å². The maximum absolute atomic E-state index is 12.3. The van der Waals surface area contributed by atoms with Gasteiger partial charge in [0.2, 0.25) is 15.9 Å². The van der Waals surface area contributed by atoms with Gasteiger partial charge in [0.15, 0.2) is 0 Å². The van der Waals surface area contributed by atoms with Crippen molar-refractivity contribution in [2.24, 2.45) is 5.92 Å². The van der Waals surface area contributed by atoms with Gasteiger partial charge < -0.3 is 15.7 Å². The van der Waals surface area contributed by atoms with Gasteiger partial charge >= 0.3 is 5.97 Å². The SMILES string of the molecule is CC(=O)Nc1ccc(NS(C)(=O)=O)c(C(=O)NCC(C)C(=O)O)c1. The number of nitrogens with one attached hydrogen (secondary N) is 3. The van der Waals surface area contributed by atoms with E-state index >= 15 is 0 Å². The van der Waals surface area contributed by atoms with Crippen LogP contribution in [-0.2, 0) is 19.6 Å². The molecule has 0 bridgehead atoms. The summed E-state index contributed by atoms with van der Waals surface area (Å²) in [7, 11) is -3.63. The van der Waals surface area contributed by atoms with Crippen LogP contribution in [0.15, 0.2) is 18.2 Å². The maximum atomic E-state index is 12.3. The largest absolute Gasteiger partial charge is 0.481 e. The highest BCUT2D eigenvalue weighted by Gasteiger charge is 2.18. The van der Waals surface area contributed by atoms with Crippen LogP contribution in [0.4, 0.5) is 11.4 Å². The van der Waals surface area contributed by atoms with E-state index in [1.807, 2.05) is 0 Å². The predicted octanol–water partition coefficient (Wildman–Crippen LogP) is 0.467. The molecule has 0 heterocycles. The van der Waals surface area contributed by atoms with Crippen LogP contribution in [0, 0.1) is 5.92 Å². The van der Waals surface area contributed by atoms with Crippen LogP contribution in [0.25, 0.3) is 0 Å². The molecule has 0 saturated heterocycles. The van der Waals surface area contributed by atoms with Crippen molar-refractivity contribution in [3.05, 3.63) is 23.8 Å². The first kappa shape index (κ1) is 19.4.